The van der Waals surface area contributed by atoms with E-state index in [0.717, 1.165) is 24.8 Å². The Labute approximate surface area is 228 Å². The second-order valence-corrected chi connectivity index (χ2v) is 13.9. The summed E-state index contributed by atoms with van der Waals surface area (Å²) in [7, 11) is 0. The molecule has 0 amide bonds. The Morgan fingerprint density at radius 2 is 1.90 bits per heavy atom. The third kappa shape index (κ3) is 2.56. The molecule has 2 aromatic rings. The number of allylic oxidation sites excluding steroid dienone is 1. The van der Waals surface area contributed by atoms with E-state index in [4.69, 9.17) is 10.5 Å². The van der Waals surface area contributed by atoms with Crippen LogP contribution in [-0.4, -0.2) is 79.9 Å². The van der Waals surface area contributed by atoms with Crippen LogP contribution in [0.25, 0.3) is 10.8 Å². The molecule has 4 heterocycles. The average molecular weight is 528 g/mol. The van der Waals surface area contributed by atoms with Crippen LogP contribution in [0.2, 0.25) is 0 Å². The molecule has 9 rings (SSSR count). The van der Waals surface area contributed by atoms with E-state index < -0.39 is 35.6 Å². The van der Waals surface area contributed by atoms with Gasteiger partial charge in [0, 0.05) is 42.3 Å². The molecule has 0 radical (unpaired) electrons. The smallest absolute Gasteiger partial charge is 0.121 e. The SMILES string of the molecule is C[C@]12CC=C3C=C4C(O)C(O)[C@@H](N5CC(N)C5)C(O)[C@]45CCC3(O5)[C@@H]1C[C@H]1C[C@]12c1ccc2ccncc2c1. The lowest BCUT2D eigenvalue weighted by Crippen LogP contribution is -2.74. The number of rotatable bonds is 2. The molecule has 3 saturated carbocycles. The van der Waals surface area contributed by atoms with Crippen LogP contribution >= 0.6 is 0 Å². The van der Waals surface area contributed by atoms with Crippen molar-refractivity contribution < 1.29 is 20.1 Å². The monoisotopic (exact) mass is 527 g/mol. The number of hydrogen-bond acceptors (Lipinski definition) is 7. The highest BCUT2D eigenvalue weighted by molar-refractivity contribution is 5.82. The summed E-state index contributed by atoms with van der Waals surface area (Å²) in [4.78, 5) is 6.40. The van der Waals surface area contributed by atoms with Gasteiger partial charge in [-0.2, -0.15) is 0 Å². The zero-order chi connectivity index (χ0) is 26.5. The van der Waals surface area contributed by atoms with Gasteiger partial charge in [0.1, 0.15) is 23.9 Å². The molecule has 5 N–H and O–H groups in total. The molecule has 204 valence electrons. The van der Waals surface area contributed by atoms with Gasteiger partial charge in [-0.05, 0) is 83.6 Å². The van der Waals surface area contributed by atoms with Crippen molar-refractivity contribution in [2.45, 2.75) is 86.0 Å². The maximum atomic E-state index is 11.9. The third-order valence-electron chi connectivity index (χ3n) is 12.6. The van der Waals surface area contributed by atoms with Crippen molar-refractivity contribution in [2.24, 2.45) is 23.0 Å². The molecule has 2 saturated heterocycles. The number of likely N-dealkylation sites (tertiary alicyclic amines) is 1. The normalized spacial score (nSPS) is 49.9. The summed E-state index contributed by atoms with van der Waals surface area (Å²) < 4.78 is 7.26. The van der Waals surface area contributed by atoms with Crippen molar-refractivity contribution in [3.05, 3.63) is 65.5 Å². The first-order chi connectivity index (χ1) is 18.7. The van der Waals surface area contributed by atoms with E-state index in [2.05, 4.69) is 48.3 Å². The fraction of sp³-hybridized carbons (Fsp3) is 0.594. The number of benzene rings is 1. The minimum atomic E-state index is -1.07. The number of aromatic nitrogens is 1. The van der Waals surface area contributed by atoms with E-state index in [9.17, 15) is 15.3 Å². The van der Waals surface area contributed by atoms with Crippen LogP contribution in [-0.2, 0) is 10.2 Å². The lowest BCUT2D eigenvalue weighted by atomic mass is 9.55. The number of nitrogens with zero attached hydrogens (tertiary/aromatic N) is 2. The van der Waals surface area contributed by atoms with E-state index in [1.54, 1.807) is 0 Å². The number of aliphatic hydroxyl groups excluding tert-OH is 3. The highest BCUT2D eigenvalue weighted by Gasteiger charge is 2.79. The quantitative estimate of drug-likeness (QED) is 0.474. The Bertz CT molecular complexity index is 1480. The summed E-state index contributed by atoms with van der Waals surface area (Å²) in [6.07, 6.45) is 10.0. The van der Waals surface area contributed by atoms with Crippen LogP contribution in [0.1, 0.15) is 44.6 Å². The van der Waals surface area contributed by atoms with Crippen LogP contribution < -0.4 is 5.73 Å². The van der Waals surface area contributed by atoms with Crippen molar-refractivity contribution in [1.29, 1.82) is 0 Å². The van der Waals surface area contributed by atoms with E-state index >= 15 is 0 Å². The van der Waals surface area contributed by atoms with E-state index in [1.165, 1.54) is 22.8 Å². The molecule has 7 aliphatic rings. The van der Waals surface area contributed by atoms with Gasteiger partial charge in [0.2, 0.25) is 0 Å². The van der Waals surface area contributed by atoms with Crippen LogP contribution in [0.5, 0.6) is 0 Å². The van der Waals surface area contributed by atoms with Crippen molar-refractivity contribution in [2.75, 3.05) is 13.1 Å². The maximum absolute atomic E-state index is 11.9. The van der Waals surface area contributed by atoms with Crippen molar-refractivity contribution in [1.82, 2.24) is 9.88 Å². The fourth-order valence-electron chi connectivity index (χ4n) is 10.6. The Kier molecular flexibility index (Phi) is 4.35. The van der Waals surface area contributed by atoms with Gasteiger partial charge < -0.3 is 25.8 Å². The molecule has 2 spiro atoms. The molecule has 7 heteroatoms. The number of ether oxygens (including phenoxy) is 1. The van der Waals surface area contributed by atoms with E-state index in [0.29, 0.717) is 36.9 Å². The van der Waals surface area contributed by atoms with Gasteiger partial charge in [0.05, 0.1) is 11.6 Å². The van der Waals surface area contributed by atoms with Gasteiger partial charge in [0.25, 0.3) is 0 Å². The summed E-state index contributed by atoms with van der Waals surface area (Å²) >= 11 is 0. The van der Waals surface area contributed by atoms with Crippen LogP contribution in [0.15, 0.2) is 60.0 Å². The minimum absolute atomic E-state index is 0.0370. The largest absolute Gasteiger partial charge is 0.388 e. The Balaban J connectivity index is 1.14. The first kappa shape index (κ1) is 23.6. The van der Waals surface area contributed by atoms with Crippen molar-refractivity contribution in [3.8, 4) is 0 Å². The van der Waals surface area contributed by atoms with Crippen molar-refractivity contribution >= 4 is 10.8 Å². The Morgan fingerprint density at radius 1 is 1.08 bits per heavy atom. The molecule has 1 aromatic carbocycles. The number of fused-ring (bicyclic) bond motifs is 4. The first-order valence-electron chi connectivity index (χ1n) is 14.7. The zero-order valence-electron chi connectivity index (χ0n) is 22.3. The summed E-state index contributed by atoms with van der Waals surface area (Å²) in [5.74, 6) is 0.950. The van der Waals surface area contributed by atoms with Crippen molar-refractivity contribution in [3.63, 3.8) is 0 Å². The lowest BCUT2D eigenvalue weighted by molar-refractivity contribution is -0.223. The Hall–Kier alpha value is -2.13. The molecule has 5 fully saturated rings. The first-order valence-corrected chi connectivity index (χ1v) is 14.7. The predicted octanol–water partition coefficient (Wildman–Crippen LogP) is 2.18. The molecule has 2 bridgehead atoms. The minimum Gasteiger partial charge on any atom is -0.388 e. The van der Waals surface area contributed by atoms with Gasteiger partial charge >= 0.3 is 0 Å². The number of nitrogens with two attached hydrogens (primary N) is 1. The predicted molar refractivity (Wildman–Crippen MR) is 146 cm³/mol. The van der Waals surface area contributed by atoms with E-state index in [1.807, 2.05) is 17.3 Å². The zero-order valence-corrected chi connectivity index (χ0v) is 22.3. The van der Waals surface area contributed by atoms with Crippen LogP contribution in [0.4, 0.5) is 0 Å². The molecule has 4 unspecified atom stereocenters. The molecule has 4 aliphatic carbocycles. The maximum Gasteiger partial charge on any atom is 0.121 e. The van der Waals surface area contributed by atoms with Gasteiger partial charge in [0.15, 0.2) is 0 Å². The third-order valence-corrected chi connectivity index (χ3v) is 12.6. The molecular weight excluding hydrogens is 490 g/mol. The number of hydrogen-bond donors (Lipinski definition) is 4. The summed E-state index contributed by atoms with van der Waals surface area (Å²) in [5, 5.41) is 36.8. The molecule has 7 nitrogen and oxygen atoms in total. The highest BCUT2D eigenvalue weighted by Crippen LogP contribution is 2.80. The number of aliphatic hydroxyl groups is 3. The van der Waals surface area contributed by atoms with E-state index in [-0.39, 0.29) is 16.9 Å². The molecular formula is C32H37N3O4. The molecule has 1 aromatic heterocycles. The highest BCUT2D eigenvalue weighted by atomic mass is 16.5. The number of pyridine rings is 1. The van der Waals surface area contributed by atoms with Gasteiger partial charge in [-0.15, -0.1) is 0 Å². The second-order valence-electron chi connectivity index (χ2n) is 13.9. The summed E-state index contributed by atoms with van der Waals surface area (Å²) in [6, 6.07) is 8.50. The van der Waals surface area contributed by atoms with Gasteiger partial charge in [-0.3, -0.25) is 9.88 Å². The van der Waals surface area contributed by atoms with Gasteiger partial charge in [-0.1, -0.05) is 31.2 Å². The topological polar surface area (TPSA) is 112 Å². The van der Waals surface area contributed by atoms with Gasteiger partial charge in [-0.25, -0.2) is 0 Å². The van der Waals surface area contributed by atoms with Crippen LogP contribution in [0.3, 0.4) is 0 Å². The Morgan fingerprint density at radius 3 is 2.72 bits per heavy atom. The summed E-state index contributed by atoms with van der Waals surface area (Å²) in [5.41, 5.74) is 8.02. The second kappa shape index (κ2) is 7.19. The lowest BCUT2D eigenvalue weighted by Gasteiger charge is -2.59. The van der Waals surface area contributed by atoms with Crippen LogP contribution in [0, 0.1) is 17.3 Å². The fourth-order valence-corrected chi connectivity index (χ4v) is 10.6. The molecule has 39 heavy (non-hydrogen) atoms. The molecule has 10 atom stereocenters. The standard InChI is InChI=1S/C32H37N3O4/c1-29-6-4-20-11-23-26(36)27(37)25(35-15-22(33)16-35)28(38)32(23)8-7-31(20,39-32)24(29)12-21-13-30(21,29)19-3-2-17-5-9-34-14-18(17)10-19/h2-5,9-11,14,21-22,24-28,36-38H,6-8,12-13,15-16,33H2,1H3/t21-,24+,25+,26?,27?,28?,29-,30-,31?,32-/m0/s1. The average Bonchev–Trinajstić information content (AvgIpc) is 3.49. The summed E-state index contributed by atoms with van der Waals surface area (Å²) in [6.45, 7) is 3.71. The molecule has 3 aliphatic heterocycles.